The Hall–Kier alpha value is -3.16. The van der Waals surface area contributed by atoms with Crippen LogP contribution in [0.2, 0.25) is 0 Å². The minimum atomic E-state index is 0.495. The monoisotopic (exact) mass is 380 g/mol. The zero-order chi connectivity index (χ0) is 19.8. The lowest BCUT2D eigenvalue weighted by atomic mass is 10.1. The molecule has 2 heterocycles. The van der Waals surface area contributed by atoms with E-state index in [4.69, 9.17) is 0 Å². The highest BCUT2D eigenvalue weighted by Crippen LogP contribution is 2.13. The smallest absolute Gasteiger partial charge is 0.191 e. The Morgan fingerprint density at radius 3 is 2.71 bits per heavy atom. The molecule has 0 fully saturated rings. The van der Waals surface area contributed by atoms with Crippen LogP contribution in [0.4, 0.5) is 0 Å². The van der Waals surface area contributed by atoms with E-state index in [2.05, 4.69) is 63.0 Å². The van der Waals surface area contributed by atoms with Crippen LogP contribution >= 0.6 is 0 Å². The molecule has 28 heavy (non-hydrogen) atoms. The predicted octanol–water partition coefficient (Wildman–Crippen LogP) is 2.00. The number of nitrogens with zero attached hydrogens (tertiary/aromatic N) is 6. The Labute approximate surface area is 165 Å². The molecule has 0 saturated carbocycles. The SMILES string of the molecule is CCNC(=NCc1ncnn1C)NCCCc1cn(-c2ccccc2)nc1C. The van der Waals surface area contributed by atoms with E-state index in [1.807, 2.05) is 29.9 Å². The molecule has 2 aromatic heterocycles. The molecule has 0 atom stereocenters. The number of para-hydroxylation sites is 1. The summed E-state index contributed by atoms with van der Waals surface area (Å²) in [4.78, 5) is 8.78. The van der Waals surface area contributed by atoms with Gasteiger partial charge in [0.05, 0.1) is 11.4 Å². The van der Waals surface area contributed by atoms with E-state index in [0.29, 0.717) is 6.54 Å². The maximum absolute atomic E-state index is 4.64. The number of nitrogens with one attached hydrogen (secondary N) is 2. The summed E-state index contributed by atoms with van der Waals surface area (Å²) in [6.07, 6.45) is 5.63. The third kappa shape index (κ3) is 5.18. The van der Waals surface area contributed by atoms with Gasteiger partial charge in [0.2, 0.25) is 0 Å². The van der Waals surface area contributed by atoms with Crippen LogP contribution < -0.4 is 10.6 Å². The molecule has 0 spiro atoms. The zero-order valence-electron chi connectivity index (χ0n) is 16.8. The van der Waals surface area contributed by atoms with Gasteiger partial charge in [0.1, 0.15) is 18.7 Å². The third-order valence-electron chi connectivity index (χ3n) is 4.46. The molecule has 1 aromatic carbocycles. The van der Waals surface area contributed by atoms with Crippen molar-refractivity contribution in [1.82, 2.24) is 35.2 Å². The van der Waals surface area contributed by atoms with E-state index in [1.165, 1.54) is 5.56 Å². The van der Waals surface area contributed by atoms with Crippen LogP contribution in [0.5, 0.6) is 0 Å². The van der Waals surface area contributed by atoms with Crippen LogP contribution in [-0.2, 0) is 20.0 Å². The summed E-state index contributed by atoms with van der Waals surface area (Å²) in [6.45, 7) is 6.26. The second-order valence-electron chi connectivity index (χ2n) is 6.55. The first-order chi connectivity index (χ1) is 13.7. The lowest BCUT2D eigenvalue weighted by Gasteiger charge is -2.11. The third-order valence-corrected chi connectivity index (χ3v) is 4.46. The maximum atomic E-state index is 4.64. The highest BCUT2D eigenvalue weighted by molar-refractivity contribution is 5.79. The lowest BCUT2D eigenvalue weighted by molar-refractivity contribution is 0.694. The number of hydrogen-bond acceptors (Lipinski definition) is 4. The summed E-state index contributed by atoms with van der Waals surface area (Å²) in [6, 6.07) is 10.2. The standard InChI is InChI=1S/C20H28N8/c1-4-21-20(23-13-19-24-15-25-27(19)3)22-12-8-9-17-14-28(26-16(17)2)18-10-6-5-7-11-18/h5-7,10-11,14-15H,4,8-9,12-13H2,1-3H3,(H2,21,22,23). The second-order valence-corrected chi connectivity index (χ2v) is 6.55. The molecule has 8 nitrogen and oxygen atoms in total. The zero-order valence-corrected chi connectivity index (χ0v) is 16.8. The van der Waals surface area contributed by atoms with Gasteiger partial charge in [-0.05, 0) is 44.4 Å². The van der Waals surface area contributed by atoms with E-state index in [-0.39, 0.29) is 0 Å². The minimum Gasteiger partial charge on any atom is -0.357 e. The molecule has 3 rings (SSSR count). The van der Waals surface area contributed by atoms with E-state index in [9.17, 15) is 0 Å². The van der Waals surface area contributed by atoms with Gasteiger partial charge in [-0.2, -0.15) is 10.2 Å². The second kappa shape index (κ2) is 9.68. The fraction of sp³-hybridized carbons (Fsp3) is 0.400. The van der Waals surface area contributed by atoms with Crippen molar-refractivity contribution in [3.8, 4) is 5.69 Å². The summed E-state index contributed by atoms with van der Waals surface area (Å²) < 4.78 is 3.69. The average molecular weight is 381 g/mol. The van der Waals surface area contributed by atoms with Gasteiger partial charge < -0.3 is 10.6 Å². The van der Waals surface area contributed by atoms with Gasteiger partial charge in [0.15, 0.2) is 5.96 Å². The summed E-state index contributed by atoms with van der Waals surface area (Å²) in [7, 11) is 1.87. The highest BCUT2D eigenvalue weighted by atomic mass is 15.3. The van der Waals surface area contributed by atoms with E-state index < -0.39 is 0 Å². The number of aromatic nitrogens is 5. The minimum absolute atomic E-state index is 0.495. The van der Waals surface area contributed by atoms with Crippen molar-refractivity contribution in [3.63, 3.8) is 0 Å². The Morgan fingerprint density at radius 1 is 1.18 bits per heavy atom. The fourth-order valence-electron chi connectivity index (χ4n) is 2.89. The first-order valence-corrected chi connectivity index (χ1v) is 9.63. The summed E-state index contributed by atoms with van der Waals surface area (Å²) in [5.74, 6) is 1.63. The normalized spacial score (nSPS) is 11.6. The molecule has 0 bridgehead atoms. The number of rotatable bonds is 8. The van der Waals surface area contributed by atoms with E-state index >= 15 is 0 Å². The number of hydrogen-bond donors (Lipinski definition) is 2. The number of benzene rings is 1. The van der Waals surface area contributed by atoms with Crippen molar-refractivity contribution in [1.29, 1.82) is 0 Å². The quantitative estimate of drug-likeness (QED) is 0.355. The summed E-state index contributed by atoms with van der Waals surface area (Å²) in [5, 5.41) is 15.4. The Balaban J connectivity index is 1.51. The molecule has 0 saturated heterocycles. The van der Waals surface area contributed by atoms with Crippen molar-refractivity contribution in [2.45, 2.75) is 33.2 Å². The largest absolute Gasteiger partial charge is 0.357 e. The van der Waals surface area contributed by atoms with Crippen molar-refractivity contribution >= 4 is 5.96 Å². The molecular formula is C20H28N8. The topological polar surface area (TPSA) is 85.0 Å². The van der Waals surface area contributed by atoms with Crippen LogP contribution in [0.3, 0.4) is 0 Å². The molecule has 0 unspecified atom stereocenters. The Bertz CT molecular complexity index is 894. The van der Waals surface area contributed by atoms with Gasteiger partial charge >= 0.3 is 0 Å². The molecule has 0 aliphatic carbocycles. The number of aliphatic imine (C=N–C) groups is 1. The molecular weight excluding hydrogens is 352 g/mol. The van der Waals surface area contributed by atoms with Crippen LogP contribution in [0.15, 0.2) is 47.8 Å². The van der Waals surface area contributed by atoms with Crippen molar-refractivity contribution in [2.75, 3.05) is 13.1 Å². The molecule has 0 radical (unpaired) electrons. The van der Waals surface area contributed by atoms with Crippen molar-refractivity contribution < 1.29 is 0 Å². The average Bonchev–Trinajstić information content (AvgIpc) is 3.29. The van der Waals surface area contributed by atoms with Gasteiger partial charge in [0, 0.05) is 26.3 Å². The summed E-state index contributed by atoms with van der Waals surface area (Å²) in [5.41, 5.74) is 3.43. The molecule has 2 N–H and O–H groups in total. The van der Waals surface area contributed by atoms with Gasteiger partial charge in [-0.3, -0.25) is 4.68 Å². The highest BCUT2D eigenvalue weighted by Gasteiger charge is 2.07. The maximum Gasteiger partial charge on any atom is 0.191 e. The fourth-order valence-corrected chi connectivity index (χ4v) is 2.89. The molecule has 0 amide bonds. The van der Waals surface area contributed by atoms with Gasteiger partial charge in [-0.15, -0.1) is 0 Å². The molecule has 3 aromatic rings. The molecule has 0 aliphatic heterocycles. The van der Waals surface area contributed by atoms with E-state index in [1.54, 1.807) is 11.0 Å². The van der Waals surface area contributed by atoms with Gasteiger partial charge in [-0.1, -0.05) is 18.2 Å². The van der Waals surface area contributed by atoms with Crippen molar-refractivity contribution in [2.24, 2.45) is 12.0 Å². The molecule has 8 heteroatoms. The predicted molar refractivity (Wildman–Crippen MR) is 110 cm³/mol. The van der Waals surface area contributed by atoms with Crippen molar-refractivity contribution in [3.05, 3.63) is 59.9 Å². The van der Waals surface area contributed by atoms with Crippen LogP contribution in [0.1, 0.15) is 30.4 Å². The molecule has 0 aliphatic rings. The lowest BCUT2D eigenvalue weighted by Crippen LogP contribution is -2.38. The summed E-state index contributed by atoms with van der Waals surface area (Å²) >= 11 is 0. The number of aryl methyl sites for hydroxylation is 3. The first kappa shape index (κ1) is 19.6. The Kier molecular flexibility index (Phi) is 6.78. The van der Waals surface area contributed by atoms with E-state index in [0.717, 1.165) is 49.1 Å². The number of guanidine groups is 1. The molecule has 148 valence electrons. The Morgan fingerprint density at radius 2 is 2.00 bits per heavy atom. The van der Waals surface area contributed by atoms with Crippen LogP contribution in [-0.4, -0.2) is 43.6 Å². The first-order valence-electron chi connectivity index (χ1n) is 9.63. The van der Waals surface area contributed by atoms with Gasteiger partial charge in [-0.25, -0.2) is 14.7 Å². The van der Waals surface area contributed by atoms with Crippen LogP contribution in [0, 0.1) is 6.92 Å². The van der Waals surface area contributed by atoms with Crippen LogP contribution in [0.25, 0.3) is 5.69 Å². The van der Waals surface area contributed by atoms with Gasteiger partial charge in [0.25, 0.3) is 0 Å².